The van der Waals surface area contributed by atoms with Crippen molar-refractivity contribution in [1.29, 1.82) is 0 Å². The van der Waals surface area contributed by atoms with Gasteiger partial charge in [0, 0.05) is 5.39 Å². The third-order valence-corrected chi connectivity index (χ3v) is 2.39. The van der Waals surface area contributed by atoms with Crippen molar-refractivity contribution in [3.05, 3.63) is 36.1 Å². The van der Waals surface area contributed by atoms with Crippen LogP contribution in [0.5, 0.6) is 0 Å². The van der Waals surface area contributed by atoms with Crippen LogP contribution in [0.2, 0.25) is 0 Å². The molecule has 18 heavy (non-hydrogen) atoms. The van der Waals surface area contributed by atoms with E-state index in [0.717, 1.165) is 5.39 Å². The fraction of sp³-hybridized carbons (Fsp3) is 0.167. The van der Waals surface area contributed by atoms with Gasteiger partial charge in [0.2, 0.25) is 0 Å². The third kappa shape index (κ3) is 2.49. The summed E-state index contributed by atoms with van der Waals surface area (Å²) >= 11 is 0. The van der Waals surface area contributed by atoms with Crippen molar-refractivity contribution in [2.45, 2.75) is 6.10 Å². The van der Waals surface area contributed by atoms with Crippen LogP contribution in [0, 0.1) is 0 Å². The molecule has 6 nitrogen and oxygen atoms in total. The van der Waals surface area contributed by atoms with Crippen LogP contribution in [0.3, 0.4) is 0 Å². The third-order valence-electron chi connectivity index (χ3n) is 2.39. The van der Waals surface area contributed by atoms with Crippen LogP contribution in [-0.2, 0) is 4.79 Å². The van der Waals surface area contributed by atoms with Crippen LogP contribution in [0.15, 0.2) is 34.7 Å². The Kier molecular flexibility index (Phi) is 3.29. The topological polar surface area (TPSA) is 99.8 Å². The molecule has 1 aromatic carbocycles. The van der Waals surface area contributed by atoms with E-state index < -0.39 is 18.0 Å². The van der Waals surface area contributed by atoms with Gasteiger partial charge in [0.05, 0.1) is 6.54 Å². The number of para-hydroxylation sites is 1. The lowest BCUT2D eigenvalue weighted by atomic mass is 10.2. The van der Waals surface area contributed by atoms with E-state index in [1.54, 1.807) is 24.3 Å². The first-order valence-electron chi connectivity index (χ1n) is 5.25. The number of amides is 1. The number of nitrogens with one attached hydrogen (secondary N) is 1. The molecule has 0 fully saturated rings. The number of furan rings is 1. The number of benzene rings is 1. The van der Waals surface area contributed by atoms with E-state index in [2.05, 4.69) is 5.32 Å². The summed E-state index contributed by atoms with van der Waals surface area (Å²) in [4.78, 5) is 22.0. The summed E-state index contributed by atoms with van der Waals surface area (Å²) in [6.07, 6.45) is -1.63. The standard InChI is InChI=1S/C12H11NO5/c14-8(12(16)17)6-13-11(15)10-5-7-3-1-2-4-9(7)18-10/h1-5,8,14H,6H2,(H,13,15)(H,16,17)/t8-/m0/s1. The van der Waals surface area contributed by atoms with Gasteiger partial charge in [-0.1, -0.05) is 18.2 Å². The summed E-state index contributed by atoms with van der Waals surface area (Å²) in [5.74, 6) is -1.87. The number of aliphatic hydroxyl groups is 1. The summed E-state index contributed by atoms with van der Waals surface area (Å²) in [5.41, 5.74) is 0.571. The van der Waals surface area contributed by atoms with E-state index in [-0.39, 0.29) is 12.3 Å². The van der Waals surface area contributed by atoms with E-state index in [1.807, 2.05) is 6.07 Å². The molecule has 1 amide bonds. The first-order chi connectivity index (χ1) is 8.58. The molecule has 0 unspecified atom stereocenters. The molecule has 0 radical (unpaired) electrons. The van der Waals surface area contributed by atoms with E-state index in [0.29, 0.717) is 5.58 Å². The van der Waals surface area contributed by atoms with Crippen LogP contribution >= 0.6 is 0 Å². The number of carbonyl (C=O) groups excluding carboxylic acids is 1. The Morgan fingerprint density at radius 3 is 2.72 bits per heavy atom. The minimum atomic E-state index is -1.63. The number of hydrogen-bond donors (Lipinski definition) is 3. The molecule has 3 N–H and O–H groups in total. The number of carboxylic acids is 1. The van der Waals surface area contributed by atoms with Gasteiger partial charge < -0.3 is 19.9 Å². The van der Waals surface area contributed by atoms with Gasteiger partial charge in [0.1, 0.15) is 5.58 Å². The van der Waals surface area contributed by atoms with E-state index in [9.17, 15) is 9.59 Å². The second-order valence-electron chi connectivity index (χ2n) is 3.71. The van der Waals surface area contributed by atoms with Crippen LogP contribution in [0.25, 0.3) is 11.0 Å². The molecule has 0 bridgehead atoms. The lowest BCUT2D eigenvalue weighted by Crippen LogP contribution is -2.36. The predicted octanol–water partition coefficient (Wildman–Crippen LogP) is 0.608. The van der Waals surface area contributed by atoms with Gasteiger partial charge in [0.15, 0.2) is 11.9 Å². The largest absolute Gasteiger partial charge is 0.479 e. The number of fused-ring (bicyclic) bond motifs is 1. The number of aliphatic hydroxyl groups excluding tert-OH is 1. The molecule has 0 aliphatic carbocycles. The highest BCUT2D eigenvalue weighted by molar-refractivity contribution is 5.96. The van der Waals surface area contributed by atoms with Crippen molar-refractivity contribution in [2.24, 2.45) is 0 Å². The Morgan fingerprint density at radius 1 is 1.33 bits per heavy atom. The normalized spacial score (nSPS) is 12.3. The Balaban J connectivity index is 2.07. The maximum Gasteiger partial charge on any atom is 0.334 e. The van der Waals surface area contributed by atoms with Gasteiger partial charge in [-0.3, -0.25) is 4.79 Å². The van der Waals surface area contributed by atoms with E-state index in [1.165, 1.54) is 0 Å². The Labute approximate surface area is 102 Å². The van der Waals surface area contributed by atoms with Gasteiger partial charge in [-0.25, -0.2) is 4.79 Å². The first-order valence-corrected chi connectivity index (χ1v) is 5.25. The average molecular weight is 249 g/mol. The Bertz CT molecular complexity index is 556. The maximum atomic E-state index is 11.6. The molecule has 0 saturated heterocycles. The predicted molar refractivity (Wildman–Crippen MR) is 62.2 cm³/mol. The van der Waals surface area contributed by atoms with Crippen molar-refractivity contribution in [3.63, 3.8) is 0 Å². The molecule has 0 spiro atoms. The van der Waals surface area contributed by atoms with E-state index in [4.69, 9.17) is 14.6 Å². The molecule has 94 valence electrons. The molecule has 1 heterocycles. The van der Waals surface area contributed by atoms with Crippen molar-refractivity contribution in [1.82, 2.24) is 5.32 Å². The highest BCUT2D eigenvalue weighted by atomic mass is 16.4. The molecule has 0 saturated carbocycles. The molecule has 6 heteroatoms. The average Bonchev–Trinajstić information content (AvgIpc) is 2.79. The van der Waals surface area contributed by atoms with Crippen LogP contribution in [-0.4, -0.2) is 34.7 Å². The van der Waals surface area contributed by atoms with Crippen molar-refractivity contribution in [3.8, 4) is 0 Å². The molecule has 0 aliphatic rings. The summed E-state index contributed by atoms with van der Waals surface area (Å²) < 4.78 is 5.28. The minimum Gasteiger partial charge on any atom is -0.479 e. The molecular weight excluding hydrogens is 238 g/mol. The number of carbonyl (C=O) groups is 2. The number of rotatable bonds is 4. The number of aliphatic carboxylic acids is 1. The molecule has 1 aromatic heterocycles. The zero-order valence-corrected chi connectivity index (χ0v) is 9.29. The van der Waals surface area contributed by atoms with Crippen LogP contribution in [0.1, 0.15) is 10.6 Å². The second kappa shape index (κ2) is 4.89. The fourth-order valence-electron chi connectivity index (χ4n) is 1.46. The summed E-state index contributed by atoms with van der Waals surface area (Å²) in [5, 5.41) is 20.5. The van der Waals surface area contributed by atoms with Gasteiger partial charge >= 0.3 is 5.97 Å². The molecule has 2 aromatic rings. The lowest BCUT2D eigenvalue weighted by molar-refractivity contribution is -0.146. The number of carboxylic acid groups (broad SMARTS) is 1. The summed E-state index contributed by atoms with van der Waals surface area (Å²) in [6.45, 7) is -0.370. The van der Waals surface area contributed by atoms with Gasteiger partial charge in [-0.2, -0.15) is 0 Å². The smallest absolute Gasteiger partial charge is 0.334 e. The molecule has 0 aliphatic heterocycles. The van der Waals surface area contributed by atoms with Crippen molar-refractivity contribution >= 4 is 22.8 Å². The molecular formula is C12H11NO5. The highest BCUT2D eigenvalue weighted by Gasteiger charge is 2.17. The van der Waals surface area contributed by atoms with Crippen LogP contribution < -0.4 is 5.32 Å². The summed E-state index contributed by atoms with van der Waals surface area (Å²) in [7, 11) is 0. The van der Waals surface area contributed by atoms with Gasteiger partial charge in [0.25, 0.3) is 5.91 Å². The second-order valence-corrected chi connectivity index (χ2v) is 3.71. The number of hydrogen-bond acceptors (Lipinski definition) is 4. The minimum absolute atomic E-state index is 0.0776. The van der Waals surface area contributed by atoms with Crippen molar-refractivity contribution < 1.29 is 24.2 Å². The SMILES string of the molecule is O=C(NC[C@H](O)C(=O)O)c1cc2ccccc2o1. The summed E-state index contributed by atoms with van der Waals surface area (Å²) in [6, 6.07) is 8.66. The van der Waals surface area contributed by atoms with Crippen molar-refractivity contribution in [2.75, 3.05) is 6.54 Å². The van der Waals surface area contributed by atoms with Crippen LogP contribution in [0.4, 0.5) is 0 Å². The zero-order chi connectivity index (χ0) is 13.1. The first kappa shape index (κ1) is 12.1. The fourth-order valence-corrected chi connectivity index (χ4v) is 1.46. The Morgan fingerprint density at radius 2 is 2.06 bits per heavy atom. The molecule has 1 atom stereocenters. The quantitative estimate of drug-likeness (QED) is 0.737. The van der Waals surface area contributed by atoms with Gasteiger partial charge in [-0.15, -0.1) is 0 Å². The maximum absolute atomic E-state index is 11.6. The lowest BCUT2D eigenvalue weighted by Gasteiger charge is -2.05. The van der Waals surface area contributed by atoms with E-state index >= 15 is 0 Å². The highest BCUT2D eigenvalue weighted by Crippen LogP contribution is 2.18. The zero-order valence-electron chi connectivity index (χ0n) is 9.29. The van der Waals surface area contributed by atoms with Gasteiger partial charge in [-0.05, 0) is 12.1 Å². The monoisotopic (exact) mass is 249 g/mol. The molecule has 2 rings (SSSR count). The Hall–Kier alpha value is -2.34.